The minimum absolute atomic E-state index is 0.0981. The maximum Gasteiger partial charge on any atom is 0.253 e. The van der Waals surface area contributed by atoms with Crippen LogP contribution in [0.5, 0.6) is 0 Å². The minimum Gasteiger partial charge on any atom is -0.467 e. The average Bonchev–Trinajstić information content (AvgIpc) is 3.09. The number of aromatic amines is 1. The molecule has 3 aromatic rings. The predicted molar refractivity (Wildman–Crippen MR) is 104 cm³/mol. The number of aromatic nitrogens is 1. The highest BCUT2D eigenvalue weighted by molar-refractivity contribution is 7.80. The lowest BCUT2D eigenvalue weighted by molar-refractivity contribution is 0.352. The standard InChI is InChI=1S/C19H21N3O2S/c1-12-7-14-9-15(18(23)21-17(14)8-13(12)2)10-22(19(25)20-3)11-16-5-4-6-24-16/h4-9H,10-11H2,1-3H3,(H,20,25)(H,21,23). The van der Waals surface area contributed by atoms with E-state index in [0.29, 0.717) is 23.8 Å². The first-order valence-corrected chi connectivity index (χ1v) is 8.51. The number of rotatable bonds is 4. The second kappa shape index (κ2) is 7.11. The van der Waals surface area contributed by atoms with E-state index in [9.17, 15) is 4.79 Å². The molecule has 0 radical (unpaired) electrons. The van der Waals surface area contributed by atoms with Crippen LogP contribution in [0.4, 0.5) is 0 Å². The molecule has 0 spiro atoms. The molecule has 1 aromatic carbocycles. The third kappa shape index (κ3) is 3.74. The van der Waals surface area contributed by atoms with Gasteiger partial charge in [0.15, 0.2) is 5.11 Å². The monoisotopic (exact) mass is 355 g/mol. The molecule has 25 heavy (non-hydrogen) atoms. The highest BCUT2D eigenvalue weighted by atomic mass is 32.1. The number of H-pyrrole nitrogens is 1. The molecular formula is C19H21N3O2S. The van der Waals surface area contributed by atoms with Crippen molar-refractivity contribution in [3.63, 3.8) is 0 Å². The molecule has 0 aliphatic carbocycles. The van der Waals surface area contributed by atoms with Crippen LogP contribution in [0.1, 0.15) is 22.5 Å². The number of benzene rings is 1. The lowest BCUT2D eigenvalue weighted by Crippen LogP contribution is -2.38. The molecule has 6 heteroatoms. The van der Waals surface area contributed by atoms with E-state index >= 15 is 0 Å². The minimum atomic E-state index is -0.0981. The van der Waals surface area contributed by atoms with E-state index in [1.165, 1.54) is 5.56 Å². The average molecular weight is 355 g/mol. The Morgan fingerprint density at radius 1 is 1.24 bits per heavy atom. The van der Waals surface area contributed by atoms with E-state index in [1.54, 1.807) is 13.3 Å². The smallest absolute Gasteiger partial charge is 0.253 e. The summed E-state index contributed by atoms with van der Waals surface area (Å²) < 4.78 is 5.41. The van der Waals surface area contributed by atoms with E-state index in [0.717, 1.165) is 22.2 Å². The summed E-state index contributed by atoms with van der Waals surface area (Å²) in [5, 5.41) is 4.56. The Morgan fingerprint density at radius 2 is 2.00 bits per heavy atom. The summed E-state index contributed by atoms with van der Waals surface area (Å²) in [5.41, 5.74) is 3.78. The van der Waals surface area contributed by atoms with Gasteiger partial charge in [0.2, 0.25) is 0 Å². The van der Waals surface area contributed by atoms with Crippen LogP contribution in [0.15, 0.2) is 45.8 Å². The largest absolute Gasteiger partial charge is 0.467 e. The summed E-state index contributed by atoms with van der Waals surface area (Å²) in [6, 6.07) is 9.77. The van der Waals surface area contributed by atoms with Gasteiger partial charge in [-0.25, -0.2) is 0 Å². The number of hydrogen-bond acceptors (Lipinski definition) is 3. The first-order chi connectivity index (χ1) is 12.0. The van der Waals surface area contributed by atoms with Crippen LogP contribution in [-0.2, 0) is 13.1 Å². The predicted octanol–water partition coefficient (Wildman–Crippen LogP) is 3.24. The zero-order valence-corrected chi connectivity index (χ0v) is 15.4. The van der Waals surface area contributed by atoms with Gasteiger partial charge in [0.25, 0.3) is 5.56 Å². The quantitative estimate of drug-likeness (QED) is 0.704. The number of thiocarbonyl (C=S) groups is 1. The van der Waals surface area contributed by atoms with Crippen molar-refractivity contribution in [2.75, 3.05) is 7.05 Å². The molecule has 130 valence electrons. The van der Waals surface area contributed by atoms with Gasteiger partial charge in [0.1, 0.15) is 5.76 Å². The van der Waals surface area contributed by atoms with Crippen molar-refractivity contribution in [1.82, 2.24) is 15.2 Å². The zero-order chi connectivity index (χ0) is 18.0. The van der Waals surface area contributed by atoms with Gasteiger partial charge in [-0.15, -0.1) is 0 Å². The molecule has 0 aliphatic heterocycles. The first-order valence-electron chi connectivity index (χ1n) is 8.10. The van der Waals surface area contributed by atoms with Crippen LogP contribution in [0.2, 0.25) is 0 Å². The van der Waals surface area contributed by atoms with Gasteiger partial charge < -0.3 is 19.6 Å². The molecule has 0 bridgehead atoms. The molecule has 0 amide bonds. The van der Waals surface area contributed by atoms with E-state index in [2.05, 4.69) is 23.3 Å². The van der Waals surface area contributed by atoms with Gasteiger partial charge in [-0.05, 0) is 72.9 Å². The van der Waals surface area contributed by atoms with Crippen LogP contribution in [0, 0.1) is 13.8 Å². The number of hydrogen-bond donors (Lipinski definition) is 2. The first kappa shape index (κ1) is 17.2. The summed E-state index contributed by atoms with van der Waals surface area (Å²) in [5.74, 6) is 0.793. The topological polar surface area (TPSA) is 61.3 Å². The van der Waals surface area contributed by atoms with Gasteiger partial charge in [-0.3, -0.25) is 4.79 Å². The van der Waals surface area contributed by atoms with Gasteiger partial charge in [-0.2, -0.15) is 0 Å². The van der Waals surface area contributed by atoms with Crippen molar-refractivity contribution in [3.8, 4) is 0 Å². The Kier molecular flexibility index (Phi) is 4.90. The Hall–Kier alpha value is -2.60. The van der Waals surface area contributed by atoms with Crippen LogP contribution >= 0.6 is 12.2 Å². The number of nitrogens with one attached hydrogen (secondary N) is 2. The Morgan fingerprint density at radius 3 is 2.68 bits per heavy atom. The van der Waals surface area contributed by atoms with E-state index in [4.69, 9.17) is 16.6 Å². The second-order valence-corrected chi connectivity index (χ2v) is 6.52. The highest BCUT2D eigenvalue weighted by Gasteiger charge is 2.14. The molecule has 0 atom stereocenters. The lowest BCUT2D eigenvalue weighted by Gasteiger charge is -2.23. The van der Waals surface area contributed by atoms with Crippen molar-refractivity contribution in [3.05, 3.63) is 69.4 Å². The van der Waals surface area contributed by atoms with Crippen molar-refractivity contribution in [2.45, 2.75) is 26.9 Å². The maximum absolute atomic E-state index is 12.5. The number of furan rings is 1. The number of fused-ring (bicyclic) bond motifs is 1. The van der Waals surface area contributed by atoms with Crippen molar-refractivity contribution in [2.24, 2.45) is 0 Å². The third-order valence-electron chi connectivity index (χ3n) is 4.32. The molecule has 0 fully saturated rings. The number of nitrogens with zero attached hydrogens (tertiary/aromatic N) is 1. The van der Waals surface area contributed by atoms with Crippen molar-refractivity contribution >= 4 is 28.2 Å². The lowest BCUT2D eigenvalue weighted by atomic mass is 10.0. The molecule has 3 rings (SSSR count). The Labute approximate surface area is 151 Å². The van der Waals surface area contributed by atoms with Gasteiger partial charge in [-0.1, -0.05) is 0 Å². The van der Waals surface area contributed by atoms with Crippen LogP contribution in [0.3, 0.4) is 0 Å². The Bertz CT molecular complexity index is 961. The summed E-state index contributed by atoms with van der Waals surface area (Å²) in [4.78, 5) is 17.4. The molecule has 0 aliphatic rings. The molecule has 2 N–H and O–H groups in total. The second-order valence-electron chi connectivity index (χ2n) is 6.14. The molecule has 0 unspecified atom stereocenters. The van der Waals surface area contributed by atoms with Crippen LogP contribution in [-0.4, -0.2) is 22.0 Å². The summed E-state index contributed by atoms with van der Waals surface area (Å²) in [6.45, 7) is 5.01. The Balaban J connectivity index is 1.95. The van der Waals surface area contributed by atoms with E-state index in [-0.39, 0.29) is 5.56 Å². The van der Waals surface area contributed by atoms with Gasteiger partial charge >= 0.3 is 0 Å². The fraction of sp³-hybridized carbons (Fsp3) is 0.263. The van der Waals surface area contributed by atoms with Crippen molar-refractivity contribution in [1.29, 1.82) is 0 Å². The molecule has 5 nitrogen and oxygen atoms in total. The normalized spacial score (nSPS) is 10.8. The number of pyridine rings is 1. The van der Waals surface area contributed by atoms with Gasteiger partial charge in [0.05, 0.1) is 19.4 Å². The molecular weight excluding hydrogens is 334 g/mol. The summed E-state index contributed by atoms with van der Waals surface area (Å²) in [7, 11) is 1.77. The fourth-order valence-electron chi connectivity index (χ4n) is 2.79. The third-order valence-corrected chi connectivity index (χ3v) is 4.79. The summed E-state index contributed by atoms with van der Waals surface area (Å²) >= 11 is 5.39. The molecule has 0 saturated heterocycles. The summed E-state index contributed by atoms with van der Waals surface area (Å²) in [6.07, 6.45) is 1.63. The number of aryl methyl sites for hydroxylation is 2. The SMILES string of the molecule is CNC(=S)N(Cc1ccco1)Cc1cc2cc(C)c(C)cc2[nH]c1=O. The maximum atomic E-state index is 12.5. The molecule has 2 heterocycles. The van der Waals surface area contributed by atoms with Gasteiger partial charge in [0, 0.05) is 18.1 Å². The highest BCUT2D eigenvalue weighted by Crippen LogP contribution is 2.18. The van der Waals surface area contributed by atoms with Crippen LogP contribution < -0.4 is 10.9 Å². The van der Waals surface area contributed by atoms with Crippen molar-refractivity contribution < 1.29 is 4.42 Å². The fourth-order valence-corrected chi connectivity index (χ4v) is 2.92. The molecule has 2 aromatic heterocycles. The zero-order valence-electron chi connectivity index (χ0n) is 14.6. The van der Waals surface area contributed by atoms with E-state index < -0.39 is 0 Å². The molecule has 0 saturated carbocycles. The van der Waals surface area contributed by atoms with E-state index in [1.807, 2.05) is 36.1 Å². The van der Waals surface area contributed by atoms with Crippen LogP contribution in [0.25, 0.3) is 10.9 Å².